The molecule has 2 saturated heterocycles. The van der Waals surface area contributed by atoms with Crippen LogP contribution in [-0.2, 0) is 4.74 Å². The topological polar surface area (TPSA) is 166 Å². The van der Waals surface area contributed by atoms with Crippen LogP contribution in [0.5, 0.6) is 0 Å². The first kappa shape index (κ1) is 19.8. The Morgan fingerprint density at radius 1 is 1.10 bits per heavy atom. The fourth-order valence-electron chi connectivity index (χ4n) is 4.08. The quantitative estimate of drug-likeness (QED) is 0.356. The molecule has 3 aromatic rings. The van der Waals surface area contributed by atoms with E-state index in [9.17, 15) is 20.1 Å². The zero-order valence-electron chi connectivity index (χ0n) is 16.4. The number of nitrogens with zero attached hydrogens (tertiary/aromatic N) is 7. The summed E-state index contributed by atoms with van der Waals surface area (Å²) in [5.41, 5.74) is 1.53. The Hall–Kier alpha value is -3.13. The Balaban J connectivity index is 1.38. The summed E-state index contributed by atoms with van der Waals surface area (Å²) < 4.78 is 7.15. The fourth-order valence-corrected chi connectivity index (χ4v) is 4.08. The highest BCUT2D eigenvalue weighted by atomic mass is 16.6. The Bertz CT molecular complexity index is 1130. The van der Waals surface area contributed by atoms with Crippen LogP contribution in [0.25, 0.3) is 11.2 Å². The number of H-pyrrole nitrogens is 1. The molecular weight excluding hydrogens is 408 g/mol. The van der Waals surface area contributed by atoms with Crippen LogP contribution < -0.4 is 15.4 Å². The molecule has 0 amide bonds. The molecule has 13 heteroatoms. The van der Waals surface area contributed by atoms with Gasteiger partial charge in [-0.25, -0.2) is 20.1 Å². The molecule has 164 valence electrons. The summed E-state index contributed by atoms with van der Waals surface area (Å²) in [7, 11) is 0. The molecule has 0 aliphatic carbocycles. The summed E-state index contributed by atoms with van der Waals surface area (Å²) in [5, 5.41) is 36.0. The highest BCUT2D eigenvalue weighted by molar-refractivity contribution is 5.83. The Kier molecular flexibility index (Phi) is 5.02. The number of aromatic amines is 1. The van der Waals surface area contributed by atoms with E-state index >= 15 is 0 Å². The van der Waals surface area contributed by atoms with Crippen LogP contribution in [0.1, 0.15) is 6.23 Å². The van der Waals surface area contributed by atoms with E-state index in [1.165, 1.54) is 18.7 Å². The molecule has 0 spiro atoms. The Morgan fingerprint density at radius 2 is 1.87 bits per heavy atom. The standard InChI is InChI=1S/C18H22N8O5/c27-7-11-14(29)15(30)18(31-11)26-9-21-13-16(19-8-20-17(13)26)25-3-1-24(2-4-25)10-5-12(28)23-22-6-10/h5-6,8-9,11,14-15,18,27,29-30H,1-4,7H2,(H,23,28)/t11-,14-,15-,18-/m1/s1. The second-order valence-electron chi connectivity index (χ2n) is 7.53. The van der Waals surface area contributed by atoms with Crippen LogP contribution in [0.3, 0.4) is 0 Å². The number of ether oxygens (including phenoxy) is 1. The van der Waals surface area contributed by atoms with Gasteiger partial charge in [0, 0.05) is 32.2 Å². The van der Waals surface area contributed by atoms with E-state index in [1.807, 2.05) is 0 Å². The minimum atomic E-state index is -1.22. The van der Waals surface area contributed by atoms with Gasteiger partial charge in [0.15, 0.2) is 23.2 Å². The van der Waals surface area contributed by atoms with Gasteiger partial charge in [0.1, 0.15) is 24.6 Å². The summed E-state index contributed by atoms with van der Waals surface area (Å²) in [4.78, 5) is 28.8. The molecule has 0 aromatic carbocycles. The Morgan fingerprint density at radius 3 is 2.58 bits per heavy atom. The van der Waals surface area contributed by atoms with Gasteiger partial charge in [-0.1, -0.05) is 0 Å². The lowest BCUT2D eigenvalue weighted by atomic mass is 10.1. The normalized spacial score (nSPS) is 26.7. The molecule has 0 bridgehead atoms. The first-order valence-electron chi connectivity index (χ1n) is 9.91. The summed E-state index contributed by atoms with van der Waals surface area (Å²) in [6.45, 7) is 2.24. The van der Waals surface area contributed by atoms with Crippen molar-refractivity contribution in [1.29, 1.82) is 0 Å². The SMILES string of the molecule is O=c1cc(N2CCN(c3ncnc4c3ncn4[C@@H]3O[C@H](CO)[C@@H](O)[C@H]3O)CC2)cn[nH]1. The van der Waals surface area contributed by atoms with E-state index in [0.717, 1.165) is 5.69 Å². The third-order valence-corrected chi connectivity index (χ3v) is 5.73. The molecule has 13 nitrogen and oxygen atoms in total. The number of rotatable bonds is 4. The van der Waals surface area contributed by atoms with E-state index < -0.39 is 31.1 Å². The predicted octanol–water partition coefficient (Wildman–Crippen LogP) is -2.15. The summed E-state index contributed by atoms with van der Waals surface area (Å²) in [6.07, 6.45) is 0.307. The van der Waals surface area contributed by atoms with Gasteiger partial charge in [0.05, 0.1) is 24.8 Å². The van der Waals surface area contributed by atoms with Crippen LogP contribution in [0.4, 0.5) is 11.5 Å². The first-order chi connectivity index (χ1) is 15.1. The van der Waals surface area contributed by atoms with Crippen molar-refractivity contribution < 1.29 is 20.1 Å². The summed E-state index contributed by atoms with van der Waals surface area (Å²) >= 11 is 0. The van der Waals surface area contributed by atoms with E-state index in [1.54, 1.807) is 10.8 Å². The van der Waals surface area contributed by atoms with Crippen LogP contribution in [-0.4, -0.2) is 96.1 Å². The van der Waals surface area contributed by atoms with Crippen LogP contribution in [0.2, 0.25) is 0 Å². The van der Waals surface area contributed by atoms with Gasteiger partial charge in [-0.2, -0.15) is 5.10 Å². The van der Waals surface area contributed by atoms with Crippen LogP contribution in [0.15, 0.2) is 29.7 Å². The van der Waals surface area contributed by atoms with E-state index in [2.05, 4.69) is 34.9 Å². The number of aliphatic hydroxyl groups excluding tert-OH is 3. The van der Waals surface area contributed by atoms with Gasteiger partial charge in [-0.15, -0.1) is 0 Å². The minimum absolute atomic E-state index is 0.243. The average molecular weight is 430 g/mol. The zero-order valence-corrected chi connectivity index (χ0v) is 16.4. The third kappa shape index (κ3) is 3.40. The molecule has 0 saturated carbocycles. The summed E-state index contributed by atoms with van der Waals surface area (Å²) in [5.74, 6) is 0.652. The van der Waals surface area contributed by atoms with Crippen LogP contribution >= 0.6 is 0 Å². The number of aromatic nitrogens is 6. The Labute approximate surface area is 175 Å². The summed E-state index contributed by atoms with van der Waals surface area (Å²) in [6, 6.07) is 1.52. The molecule has 2 aliphatic heterocycles. The molecule has 4 atom stereocenters. The monoisotopic (exact) mass is 430 g/mol. The number of hydrogen-bond acceptors (Lipinski definition) is 11. The zero-order chi connectivity index (χ0) is 21.5. The maximum Gasteiger partial charge on any atom is 0.266 e. The minimum Gasteiger partial charge on any atom is -0.394 e. The number of nitrogens with one attached hydrogen (secondary N) is 1. The smallest absolute Gasteiger partial charge is 0.266 e. The molecule has 3 aromatic heterocycles. The van der Waals surface area contributed by atoms with Gasteiger partial charge in [-0.3, -0.25) is 9.36 Å². The van der Waals surface area contributed by atoms with Gasteiger partial charge in [-0.05, 0) is 0 Å². The van der Waals surface area contributed by atoms with Crippen LogP contribution in [0, 0.1) is 0 Å². The largest absolute Gasteiger partial charge is 0.394 e. The van der Waals surface area contributed by atoms with Gasteiger partial charge in [0.25, 0.3) is 5.56 Å². The van der Waals surface area contributed by atoms with Crippen molar-refractivity contribution >= 4 is 22.7 Å². The van der Waals surface area contributed by atoms with E-state index in [-0.39, 0.29) is 5.56 Å². The molecule has 5 heterocycles. The lowest BCUT2D eigenvalue weighted by molar-refractivity contribution is -0.0511. The van der Waals surface area contributed by atoms with E-state index in [0.29, 0.717) is 43.2 Å². The molecule has 0 unspecified atom stereocenters. The molecule has 2 aliphatic rings. The van der Waals surface area contributed by atoms with E-state index in [4.69, 9.17) is 4.74 Å². The molecule has 2 fully saturated rings. The molecule has 5 rings (SSSR count). The number of piperazine rings is 1. The second kappa shape index (κ2) is 7.85. The maximum absolute atomic E-state index is 11.5. The van der Waals surface area contributed by atoms with Gasteiger partial charge in [0.2, 0.25) is 0 Å². The van der Waals surface area contributed by atoms with Crippen molar-refractivity contribution in [3.8, 4) is 0 Å². The van der Waals surface area contributed by atoms with Crippen molar-refractivity contribution in [2.24, 2.45) is 0 Å². The third-order valence-electron chi connectivity index (χ3n) is 5.73. The fraction of sp³-hybridized carbons (Fsp3) is 0.500. The van der Waals surface area contributed by atoms with Crippen molar-refractivity contribution in [2.45, 2.75) is 24.5 Å². The highest BCUT2D eigenvalue weighted by Gasteiger charge is 2.44. The van der Waals surface area contributed by atoms with Crippen molar-refractivity contribution in [2.75, 3.05) is 42.6 Å². The average Bonchev–Trinajstić information content (AvgIpc) is 3.35. The number of imidazole rings is 1. The second-order valence-corrected chi connectivity index (χ2v) is 7.53. The van der Waals surface area contributed by atoms with Gasteiger partial charge < -0.3 is 29.9 Å². The highest BCUT2D eigenvalue weighted by Crippen LogP contribution is 2.32. The molecule has 31 heavy (non-hydrogen) atoms. The molecule has 4 N–H and O–H groups in total. The first-order valence-corrected chi connectivity index (χ1v) is 9.91. The van der Waals surface area contributed by atoms with Crippen molar-refractivity contribution in [3.63, 3.8) is 0 Å². The number of hydrogen-bond donors (Lipinski definition) is 4. The maximum atomic E-state index is 11.5. The number of aliphatic hydroxyl groups is 3. The molecule has 0 radical (unpaired) electrons. The number of fused-ring (bicyclic) bond motifs is 1. The predicted molar refractivity (Wildman–Crippen MR) is 108 cm³/mol. The molecular formula is C18H22N8O5. The van der Waals surface area contributed by atoms with Crippen molar-refractivity contribution in [3.05, 3.63) is 35.3 Å². The number of anilines is 2. The lowest BCUT2D eigenvalue weighted by Crippen LogP contribution is -2.47. The van der Waals surface area contributed by atoms with Crippen molar-refractivity contribution in [1.82, 2.24) is 29.7 Å². The lowest BCUT2D eigenvalue weighted by Gasteiger charge is -2.36. The van der Waals surface area contributed by atoms with Gasteiger partial charge >= 0.3 is 0 Å².